The van der Waals surface area contributed by atoms with Gasteiger partial charge in [-0.3, -0.25) is 4.79 Å². The van der Waals surface area contributed by atoms with Crippen molar-refractivity contribution in [2.24, 2.45) is 0 Å². The van der Waals surface area contributed by atoms with Crippen LogP contribution in [0.3, 0.4) is 0 Å². The van der Waals surface area contributed by atoms with E-state index in [0.29, 0.717) is 18.4 Å². The highest BCUT2D eigenvalue weighted by atomic mass is 16.5. The number of nitrogens with zero attached hydrogens (tertiary/aromatic N) is 1. The average Bonchev–Trinajstić information content (AvgIpc) is 3.23. The fourth-order valence-electron chi connectivity index (χ4n) is 2.28. The van der Waals surface area contributed by atoms with Crippen LogP contribution in [0.25, 0.3) is 0 Å². The van der Waals surface area contributed by atoms with Crippen molar-refractivity contribution in [1.82, 2.24) is 4.90 Å². The molecule has 1 amide bonds. The topological polar surface area (TPSA) is 38.8 Å². The van der Waals surface area contributed by atoms with Crippen LogP contribution in [-0.4, -0.2) is 36.1 Å². The Bertz CT molecular complexity index is 436. The molecular weight excluding hydrogens is 254 g/mol. The van der Waals surface area contributed by atoms with Crippen LogP contribution in [0.15, 0.2) is 24.3 Å². The number of rotatable bonds is 7. The van der Waals surface area contributed by atoms with Gasteiger partial charge in [-0.2, -0.15) is 0 Å². The van der Waals surface area contributed by atoms with Crippen LogP contribution in [0.5, 0.6) is 11.5 Å². The van der Waals surface area contributed by atoms with Gasteiger partial charge in [-0.1, -0.05) is 0 Å². The molecule has 4 nitrogen and oxygen atoms in total. The summed E-state index contributed by atoms with van der Waals surface area (Å²) in [6, 6.07) is 8.02. The molecule has 1 aliphatic carbocycles. The number of benzene rings is 1. The predicted octanol–water partition coefficient (Wildman–Crippen LogP) is 2.86. The molecule has 0 radical (unpaired) electrons. The Morgan fingerprint density at radius 1 is 1.20 bits per heavy atom. The van der Waals surface area contributed by atoms with Gasteiger partial charge in [0.15, 0.2) is 6.61 Å². The summed E-state index contributed by atoms with van der Waals surface area (Å²) < 4.78 is 10.9. The summed E-state index contributed by atoms with van der Waals surface area (Å²) in [5.41, 5.74) is 0. The Hall–Kier alpha value is -1.71. The first-order valence-electron chi connectivity index (χ1n) is 7.28. The molecule has 0 atom stereocenters. The molecule has 0 spiro atoms. The lowest BCUT2D eigenvalue weighted by atomic mass is 10.3. The van der Waals surface area contributed by atoms with Crippen molar-refractivity contribution in [2.75, 3.05) is 13.2 Å². The highest BCUT2D eigenvalue weighted by molar-refractivity contribution is 5.78. The third-order valence-electron chi connectivity index (χ3n) is 3.28. The molecule has 1 fully saturated rings. The third kappa shape index (κ3) is 3.89. The van der Waals surface area contributed by atoms with Crippen molar-refractivity contribution >= 4 is 5.91 Å². The largest absolute Gasteiger partial charge is 0.494 e. The summed E-state index contributed by atoms with van der Waals surface area (Å²) in [6.07, 6.45) is 2.24. The lowest BCUT2D eigenvalue weighted by Gasteiger charge is -2.26. The van der Waals surface area contributed by atoms with Gasteiger partial charge >= 0.3 is 0 Å². The summed E-state index contributed by atoms with van der Waals surface area (Å²) in [7, 11) is 0. The maximum absolute atomic E-state index is 12.2. The Labute approximate surface area is 120 Å². The van der Waals surface area contributed by atoms with Gasteiger partial charge < -0.3 is 14.4 Å². The van der Waals surface area contributed by atoms with Crippen LogP contribution in [0, 0.1) is 0 Å². The molecular formula is C16H23NO3. The average molecular weight is 277 g/mol. The van der Waals surface area contributed by atoms with Crippen LogP contribution < -0.4 is 9.47 Å². The van der Waals surface area contributed by atoms with Gasteiger partial charge in [-0.15, -0.1) is 0 Å². The quantitative estimate of drug-likeness (QED) is 0.769. The molecule has 1 saturated carbocycles. The van der Waals surface area contributed by atoms with E-state index in [1.165, 1.54) is 0 Å². The van der Waals surface area contributed by atoms with Crippen LogP contribution >= 0.6 is 0 Å². The molecule has 4 heteroatoms. The first-order chi connectivity index (χ1) is 9.61. The predicted molar refractivity (Wildman–Crippen MR) is 78.1 cm³/mol. The van der Waals surface area contributed by atoms with E-state index in [4.69, 9.17) is 9.47 Å². The normalized spacial score (nSPS) is 14.2. The Kier molecular flexibility index (Phi) is 4.88. The van der Waals surface area contributed by atoms with Crippen LogP contribution in [-0.2, 0) is 4.79 Å². The van der Waals surface area contributed by atoms with Crippen molar-refractivity contribution in [2.45, 2.75) is 45.7 Å². The standard InChI is InChI=1S/C16H23NO3/c1-4-19-14-7-9-15(10-8-14)20-11-16(18)17(12(2)3)13-5-6-13/h7-10,12-13H,4-6,11H2,1-3H3. The van der Waals surface area contributed by atoms with Crippen LogP contribution in [0.2, 0.25) is 0 Å². The van der Waals surface area contributed by atoms with E-state index >= 15 is 0 Å². The number of hydrogen-bond acceptors (Lipinski definition) is 3. The van der Waals surface area contributed by atoms with Crippen molar-refractivity contribution in [3.8, 4) is 11.5 Å². The molecule has 1 aromatic rings. The summed E-state index contributed by atoms with van der Waals surface area (Å²) in [5, 5.41) is 0. The van der Waals surface area contributed by atoms with Gasteiger partial charge in [-0.25, -0.2) is 0 Å². The van der Waals surface area contributed by atoms with Crippen molar-refractivity contribution in [1.29, 1.82) is 0 Å². The second-order valence-electron chi connectivity index (χ2n) is 5.32. The molecule has 0 N–H and O–H groups in total. The minimum Gasteiger partial charge on any atom is -0.494 e. The number of hydrogen-bond donors (Lipinski definition) is 0. The molecule has 20 heavy (non-hydrogen) atoms. The zero-order chi connectivity index (χ0) is 14.5. The minimum atomic E-state index is 0.0661. The van der Waals surface area contributed by atoms with Crippen molar-refractivity contribution in [3.05, 3.63) is 24.3 Å². The molecule has 0 bridgehead atoms. The maximum atomic E-state index is 12.2. The first-order valence-corrected chi connectivity index (χ1v) is 7.28. The monoisotopic (exact) mass is 277 g/mol. The lowest BCUT2D eigenvalue weighted by Crippen LogP contribution is -2.41. The van der Waals surface area contributed by atoms with E-state index in [0.717, 1.165) is 18.6 Å². The minimum absolute atomic E-state index is 0.0661. The van der Waals surface area contributed by atoms with Gasteiger partial charge in [-0.05, 0) is 57.9 Å². The number of carbonyl (C=O) groups is 1. The Balaban J connectivity index is 1.85. The molecule has 0 heterocycles. The van der Waals surface area contributed by atoms with Gasteiger partial charge in [0, 0.05) is 12.1 Å². The highest BCUT2D eigenvalue weighted by Gasteiger charge is 2.34. The maximum Gasteiger partial charge on any atom is 0.260 e. The molecule has 110 valence electrons. The van der Waals surface area contributed by atoms with Crippen molar-refractivity contribution < 1.29 is 14.3 Å². The first kappa shape index (κ1) is 14.7. The molecule has 0 unspecified atom stereocenters. The molecule has 0 aliphatic heterocycles. The second-order valence-corrected chi connectivity index (χ2v) is 5.32. The van der Waals surface area contributed by atoms with Gasteiger partial charge in [0.1, 0.15) is 11.5 Å². The molecule has 0 aromatic heterocycles. The highest BCUT2D eigenvalue weighted by Crippen LogP contribution is 2.28. The Morgan fingerprint density at radius 2 is 1.75 bits per heavy atom. The van der Waals surface area contributed by atoms with E-state index in [1.54, 1.807) is 0 Å². The summed E-state index contributed by atoms with van der Waals surface area (Å²) >= 11 is 0. The summed E-state index contributed by atoms with van der Waals surface area (Å²) in [6.45, 7) is 6.79. The molecule has 1 aliphatic rings. The fourth-order valence-corrected chi connectivity index (χ4v) is 2.28. The third-order valence-corrected chi connectivity index (χ3v) is 3.28. The fraction of sp³-hybridized carbons (Fsp3) is 0.562. The number of ether oxygens (including phenoxy) is 2. The van der Waals surface area contributed by atoms with E-state index in [2.05, 4.69) is 0 Å². The van der Waals surface area contributed by atoms with Crippen molar-refractivity contribution in [3.63, 3.8) is 0 Å². The second kappa shape index (κ2) is 6.64. The SMILES string of the molecule is CCOc1ccc(OCC(=O)N(C(C)C)C2CC2)cc1. The Morgan fingerprint density at radius 3 is 2.20 bits per heavy atom. The van der Waals surface area contributed by atoms with Gasteiger partial charge in [0.05, 0.1) is 6.61 Å². The molecule has 1 aromatic carbocycles. The zero-order valence-electron chi connectivity index (χ0n) is 12.5. The van der Waals surface area contributed by atoms with Crippen LogP contribution in [0.4, 0.5) is 0 Å². The molecule has 0 saturated heterocycles. The summed E-state index contributed by atoms with van der Waals surface area (Å²) in [4.78, 5) is 14.1. The number of carbonyl (C=O) groups excluding carboxylic acids is 1. The van der Waals surface area contributed by atoms with Crippen LogP contribution in [0.1, 0.15) is 33.6 Å². The zero-order valence-corrected chi connectivity index (χ0v) is 12.5. The molecule has 2 rings (SSSR count). The lowest BCUT2D eigenvalue weighted by molar-refractivity contribution is -0.135. The van der Waals surface area contributed by atoms with Gasteiger partial charge in [0.2, 0.25) is 0 Å². The van der Waals surface area contributed by atoms with Gasteiger partial charge in [0.25, 0.3) is 5.91 Å². The van der Waals surface area contributed by atoms with E-state index < -0.39 is 0 Å². The smallest absolute Gasteiger partial charge is 0.260 e. The van der Waals surface area contributed by atoms with E-state index in [-0.39, 0.29) is 18.6 Å². The summed E-state index contributed by atoms with van der Waals surface area (Å²) in [5.74, 6) is 1.57. The van der Waals surface area contributed by atoms with E-state index in [9.17, 15) is 4.79 Å². The van der Waals surface area contributed by atoms with E-state index in [1.807, 2.05) is 49.9 Å². The number of amides is 1.